The Morgan fingerprint density at radius 3 is 2.17 bits per heavy atom. The lowest BCUT2D eigenvalue weighted by molar-refractivity contribution is -0.137. The highest BCUT2D eigenvalue weighted by atomic mass is 16.4. The zero-order chi connectivity index (χ0) is 17.5. The third-order valence-corrected chi connectivity index (χ3v) is 4.34. The number of carboxylic acid groups (broad SMARTS) is 1. The first-order valence-corrected chi connectivity index (χ1v) is 9.56. The summed E-state index contributed by atoms with van der Waals surface area (Å²) in [6.45, 7) is 2.25. The smallest absolute Gasteiger partial charge is 0.303 e. The van der Waals surface area contributed by atoms with Crippen LogP contribution in [0.1, 0.15) is 77.6 Å². The van der Waals surface area contributed by atoms with E-state index >= 15 is 0 Å². The predicted molar refractivity (Wildman–Crippen MR) is 103 cm³/mol. The third kappa shape index (κ3) is 11.0. The highest BCUT2D eigenvalue weighted by Crippen LogP contribution is 2.48. The maximum atomic E-state index is 10.4. The molecular weight excluding hydrogens is 296 g/mol. The zero-order valence-electron chi connectivity index (χ0n) is 15.3. The van der Waals surface area contributed by atoms with Gasteiger partial charge in [0, 0.05) is 11.8 Å². The molecule has 0 aliphatic heterocycles. The molecule has 2 heteroatoms. The van der Waals surface area contributed by atoms with E-state index in [-0.39, 0.29) is 6.42 Å². The number of hydrogen-bond acceptors (Lipinski definition) is 1. The summed E-state index contributed by atoms with van der Waals surface area (Å²) < 4.78 is 0. The van der Waals surface area contributed by atoms with Gasteiger partial charge in [-0.15, -0.1) is 0 Å². The van der Waals surface area contributed by atoms with E-state index in [0.717, 1.165) is 25.7 Å². The Kier molecular flexibility index (Phi) is 10.9. The first-order chi connectivity index (χ1) is 11.7. The van der Waals surface area contributed by atoms with Crippen LogP contribution in [0.25, 0.3) is 0 Å². The quantitative estimate of drug-likeness (QED) is 0.287. The van der Waals surface area contributed by atoms with E-state index in [2.05, 4.69) is 55.5 Å². The van der Waals surface area contributed by atoms with Gasteiger partial charge in [0.1, 0.15) is 0 Å². The molecule has 1 rings (SSSR count). The van der Waals surface area contributed by atoms with Crippen LogP contribution in [0, 0.1) is 5.41 Å². The van der Waals surface area contributed by atoms with Crippen molar-refractivity contribution in [3.63, 3.8) is 0 Å². The van der Waals surface area contributed by atoms with Crippen molar-refractivity contribution in [2.24, 2.45) is 5.41 Å². The normalized spacial score (nSPS) is 16.9. The summed E-state index contributed by atoms with van der Waals surface area (Å²) in [7, 11) is 0. The Labute approximate surface area is 148 Å². The molecule has 24 heavy (non-hydrogen) atoms. The summed E-state index contributed by atoms with van der Waals surface area (Å²) in [5.41, 5.74) is 0.379. The Bertz CT molecular complexity index is 451. The molecule has 1 aliphatic carbocycles. The maximum Gasteiger partial charge on any atom is 0.303 e. The van der Waals surface area contributed by atoms with Gasteiger partial charge in [0.05, 0.1) is 0 Å². The molecule has 2 nitrogen and oxygen atoms in total. The highest BCUT2D eigenvalue weighted by Gasteiger charge is 2.36. The monoisotopic (exact) mass is 330 g/mol. The molecule has 0 aromatic rings. The van der Waals surface area contributed by atoms with Gasteiger partial charge in [0.15, 0.2) is 0 Å². The van der Waals surface area contributed by atoms with E-state index in [9.17, 15) is 4.79 Å². The molecular formula is C22H34O2. The average molecular weight is 331 g/mol. The number of carboxylic acids is 1. The molecule has 0 radical (unpaired) electrons. The van der Waals surface area contributed by atoms with Crippen molar-refractivity contribution in [1.82, 2.24) is 0 Å². The Morgan fingerprint density at radius 1 is 0.875 bits per heavy atom. The number of hydrogen-bond donors (Lipinski definition) is 1. The van der Waals surface area contributed by atoms with Crippen molar-refractivity contribution >= 4 is 5.97 Å². The second kappa shape index (κ2) is 12.8. The molecule has 1 N–H and O–H groups in total. The van der Waals surface area contributed by atoms with Crippen LogP contribution in [0.3, 0.4) is 0 Å². The maximum absolute atomic E-state index is 10.4. The van der Waals surface area contributed by atoms with E-state index in [1.807, 2.05) is 0 Å². The Hall–Kier alpha value is -1.57. The van der Waals surface area contributed by atoms with Gasteiger partial charge in [-0.05, 0) is 51.4 Å². The van der Waals surface area contributed by atoms with Crippen LogP contribution in [0.15, 0.2) is 48.6 Å². The van der Waals surface area contributed by atoms with Crippen molar-refractivity contribution in [2.45, 2.75) is 77.6 Å². The summed E-state index contributed by atoms with van der Waals surface area (Å²) in [5, 5.41) is 8.53. The van der Waals surface area contributed by atoms with E-state index in [0.29, 0.717) is 5.41 Å². The van der Waals surface area contributed by atoms with E-state index in [1.54, 1.807) is 0 Å². The Morgan fingerprint density at radius 2 is 1.50 bits per heavy atom. The van der Waals surface area contributed by atoms with Crippen LogP contribution in [0.2, 0.25) is 0 Å². The van der Waals surface area contributed by atoms with Crippen molar-refractivity contribution < 1.29 is 9.90 Å². The number of carbonyl (C=O) groups is 1. The van der Waals surface area contributed by atoms with Crippen LogP contribution in [0.4, 0.5) is 0 Å². The molecule has 1 saturated carbocycles. The third-order valence-electron chi connectivity index (χ3n) is 4.34. The molecule has 1 fully saturated rings. The second-order valence-electron chi connectivity index (χ2n) is 6.73. The van der Waals surface area contributed by atoms with Gasteiger partial charge in [-0.25, -0.2) is 0 Å². The molecule has 0 amide bonds. The van der Waals surface area contributed by atoms with Crippen molar-refractivity contribution in [3.05, 3.63) is 48.6 Å². The first kappa shape index (κ1) is 20.5. The second-order valence-corrected chi connectivity index (χ2v) is 6.73. The van der Waals surface area contributed by atoms with Crippen LogP contribution >= 0.6 is 0 Å². The molecule has 0 aromatic carbocycles. The number of aliphatic carboxylic acids is 1. The van der Waals surface area contributed by atoms with E-state index < -0.39 is 5.97 Å². The largest absolute Gasteiger partial charge is 0.481 e. The summed E-state index contributed by atoms with van der Waals surface area (Å²) in [6.07, 6.45) is 29.6. The van der Waals surface area contributed by atoms with Crippen LogP contribution < -0.4 is 0 Å². The molecule has 0 atom stereocenters. The fraction of sp³-hybridized carbons (Fsp3) is 0.591. The van der Waals surface area contributed by atoms with Gasteiger partial charge in [-0.3, -0.25) is 4.79 Å². The minimum absolute atomic E-state index is 0.264. The Balaban J connectivity index is 2.07. The van der Waals surface area contributed by atoms with Crippen molar-refractivity contribution in [2.75, 3.05) is 0 Å². The van der Waals surface area contributed by atoms with E-state index in [4.69, 9.17) is 5.11 Å². The number of unbranched alkanes of at least 4 members (excludes halogenated alkanes) is 4. The molecule has 0 heterocycles. The minimum Gasteiger partial charge on any atom is -0.481 e. The number of rotatable bonds is 14. The molecule has 134 valence electrons. The van der Waals surface area contributed by atoms with Gasteiger partial charge in [-0.1, -0.05) is 68.4 Å². The van der Waals surface area contributed by atoms with Gasteiger partial charge in [0.2, 0.25) is 0 Å². The molecule has 0 bridgehead atoms. The van der Waals surface area contributed by atoms with Crippen LogP contribution in [-0.2, 0) is 4.79 Å². The summed E-state index contributed by atoms with van der Waals surface area (Å²) in [5.74, 6) is -0.709. The summed E-state index contributed by atoms with van der Waals surface area (Å²) in [6, 6.07) is 0. The molecule has 0 unspecified atom stereocenters. The van der Waals surface area contributed by atoms with Gasteiger partial charge >= 0.3 is 5.97 Å². The highest BCUT2D eigenvalue weighted by molar-refractivity contribution is 5.66. The fourth-order valence-electron chi connectivity index (χ4n) is 2.60. The topological polar surface area (TPSA) is 37.3 Å². The minimum atomic E-state index is -0.709. The lowest BCUT2D eigenvalue weighted by Crippen LogP contribution is -1.92. The van der Waals surface area contributed by atoms with E-state index in [1.165, 1.54) is 38.5 Å². The molecule has 0 aromatic heterocycles. The van der Waals surface area contributed by atoms with Crippen molar-refractivity contribution in [1.29, 1.82) is 0 Å². The van der Waals surface area contributed by atoms with Crippen LogP contribution in [0.5, 0.6) is 0 Å². The van der Waals surface area contributed by atoms with Gasteiger partial charge < -0.3 is 5.11 Å². The molecule has 1 aliphatic rings. The zero-order valence-corrected chi connectivity index (χ0v) is 15.3. The van der Waals surface area contributed by atoms with Crippen molar-refractivity contribution in [3.8, 4) is 0 Å². The predicted octanol–water partition coefficient (Wildman–Crippen LogP) is 6.61. The SMILES string of the molecule is CCCCCC=CC1(C=CCC=CCC=CCCCC(=O)O)CC1. The number of allylic oxidation sites excluding steroid dienone is 8. The molecule has 0 saturated heterocycles. The standard InChI is InChI=1S/C22H34O2/c1-2-3-4-11-14-17-22(19-20-22)18-15-12-9-7-5-6-8-10-13-16-21(23)24/h6-9,14-15,17-18H,2-5,10-13,16,19-20H2,1H3,(H,23,24). The summed E-state index contributed by atoms with van der Waals surface area (Å²) >= 11 is 0. The van der Waals surface area contributed by atoms with Gasteiger partial charge in [0.25, 0.3) is 0 Å². The lowest BCUT2D eigenvalue weighted by Gasteiger charge is -2.01. The summed E-state index contributed by atoms with van der Waals surface area (Å²) in [4.78, 5) is 10.4. The van der Waals surface area contributed by atoms with Crippen LogP contribution in [-0.4, -0.2) is 11.1 Å². The first-order valence-electron chi connectivity index (χ1n) is 9.56. The van der Waals surface area contributed by atoms with Gasteiger partial charge in [-0.2, -0.15) is 0 Å². The fourth-order valence-corrected chi connectivity index (χ4v) is 2.60. The lowest BCUT2D eigenvalue weighted by atomic mass is 10.0. The average Bonchev–Trinajstić information content (AvgIpc) is 3.32. The molecule has 0 spiro atoms.